The van der Waals surface area contributed by atoms with Crippen molar-refractivity contribution in [3.8, 4) is 11.1 Å². The van der Waals surface area contributed by atoms with Crippen LogP contribution in [0.25, 0.3) is 11.1 Å². The van der Waals surface area contributed by atoms with Crippen molar-refractivity contribution in [3.05, 3.63) is 77.7 Å². The number of hydrogen-bond donors (Lipinski definition) is 2. The van der Waals surface area contributed by atoms with Crippen LogP contribution in [0.15, 0.2) is 65.3 Å². The molecule has 1 aromatic heterocycles. The maximum absolute atomic E-state index is 12.9. The number of rotatable bonds is 5. The lowest BCUT2D eigenvalue weighted by molar-refractivity contribution is -0.143. The Morgan fingerprint density at radius 2 is 1.71 bits per heavy atom. The fraction of sp³-hybridized carbons (Fsp3) is 0.269. The SMILES string of the molecule is O=C(Nc1ccoc1C(=O)N1CCC[C@@H](C(=O)O)C1)OCC1c2ccccc2-c2ccccc21. The topological polar surface area (TPSA) is 109 Å². The highest BCUT2D eigenvalue weighted by Crippen LogP contribution is 2.44. The summed E-state index contributed by atoms with van der Waals surface area (Å²) >= 11 is 0. The molecule has 0 saturated carbocycles. The number of furan rings is 1. The fourth-order valence-electron chi connectivity index (χ4n) is 4.82. The minimum Gasteiger partial charge on any atom is -0.481 e. The van der Waals surface area contributed by atoms with E-state index in [4.69, 9.17) is 9.15 Å². The van der Waals surface area contributed by atoms with Crippen LogP contribution in [0.4, 0.5) is 10.5 Å². The molecule has 1 aliphatic heterocycles. The maximum Gasteiger partial charge on any atom is 0.411 e. The van der Waals surface area contributed by atoms with Crippen molar-refractivity contribution in [3.63, 3.8) is 0 Å². The summed E-state index contributed by atoms with van der Waals surface area (Å²) in [6.07, 6.45) is 1.74. The number of ether oxygens (including phenoxy) is 1. The Hall–Kier alpha value is -4.07. The number of carboxylic acid groups (broad SMARTS) is 1. The van der Waals surface area contributed by atoms with E-state index in [1.54, 1.807) is 0 Å². The summed E-state index contributed by atoms with van der Waals surface area (Å²) in [6.45, 7) is 0.695. The molecule has 3 aromatic rings. The first-order valence-corrected chi connectivity index (χ1v) is 11.2. The predicted molar refractivity (Wildman–Crippen MR) is 124 cm³/mol. The van der Waals surface area contributed by atoms with Crippen LogP contribution in [0.2, 0.25) is 0 Å². The molecule has 2 aromatic carbocycles. The number of amides is 2. The Labute approximate surface area is 196 Å². The van der Waals surface area contributed by atoms with E-state index in [1.165, 1.54) is 17.2 Å². The third-order valence-corrected chi connectivity index (χ3v) is 6.50. The highest BCUT2D eigenvalue weighted by atomic mass is 16.5. The molecule has 8 heteroatoms. The van der Waals surface area contributed by atoms with E-state index in [0.29, 0.717) is 19.4 Å². The molecular formula is C26H24N2O6. The van der Waals surface area contributed by atoms with Crippen molar-refractivity contribution in [2.24, 2.45) is 5.92 Å². The van der Waals surface area contributed by atoms with E-state index in [9.17, 15) is 19.5 Å². The van der Waals surface area contributed by atoms with Gasteiger partial charge in [-0.2, -0.15) is 0 Å². The maximum atomic E-state index is 12.9. The van der Waals surface area contributed by atoms with E-state index in [1.807, 2.05) is 36.4 Å². The summed E-state index contributed by atoms with van der Waals surface area (Å²) in [5, 5.41) is 11.9. The number of nitrogens with zero attached hydrogens (tertiary/aromatic N) is 1. The molecule has 2 N–H and O–H groups in total. The van der Waals surface area contributed by atoms with Crippen molar-refractivity contribution in [1.29, 1.82) is 0 Å². The van der Waals surface area contributed by atoms with Gasteiger partial charge in [0.25, 0.3) is 5.91 Å². The van der Waals surface area contributed by atoms with E-state index >= 15 is 0 Å². The molecule has 174 valence electrons. The Morgan fingerprint density at radius 3 is 2.38 bits per heavy atom. The van der Waals surface area contributed by atoms with Crippen molar-refractivity contribution in [2.45, 2.75) is 18.8 Å². The molecule has 1 fully saturated rings. The minimum atomic E-state index is -0.922. The monoisotopic (exact) mass is 460 g/mol. The zero-order chi connectivity index (χ0) is 23.7. The van der Waals surface area contributed by atoms with Gasteiger partial charge in [0.2, 0.25) is 5.76 Å². The number of nitrogens with one attached hydrogen (secondary N) is 1. The number of carbonyl (C=O) groups excluding carboxylic acids is 2. The second kappa shape index (κ2) is 9.05. The smallest absolute Gasteiger partial charge is 0.411 e. The van der Waals surface area contributed by atoms with Gasteiger partial charge in [0, 0.05) is 25.1 Å². The lowest BCUT2D eigenvalue weighted by atomic mass is 9.98. The van der Waals surface area contributed by atoms with Gasteiger partial charge in [-0.15, -0.1) is 0 Å². The van der Waals surface area contributed by atoms with Gasteiger partial charge < -0.3 is 19.2 Å². The molecule has 8 nitrogen and oxygen atoms in total. The number of fused-ring (bicyclic) bond motifs is 3. The molecule has 34 heavy (non-hydrogen) atoms. The van der Waals surface area contributed by atoms with Crippen LogP contribution in [-0.2, 0) is 9.53 Å². The lowest BCUT2D eigenvalue weighted by Crippen LogP contribution is -2.42. The number of hydrogen-bond acceptors (Lipinski definition) is 5. The first-order valence-electron chi connectivity index (χ1n) is 11.2. The van der Waals surface area contributed by atoms with Crippen molar-refractivity contribution < 1.29 is 28.6 Å². The van der Waals surface area contributed by atoms with Gasteiger partial charge in [0.1, 0.15) is 6.61 Å². The fourth-order valence-corrected chi connectivity index (χ4v) is 4.82. The second-order valence-electron chi connectivity index (χ2n) is 8.54. The van der Waals surface area contributed by atoms with Gasteiger partial charge >= 0.3 is 12.1 Å². The Kier molecular flexibility index (Phi) is 5.79. The normalized spacial score (nSPS) is 17.1. The quantitative estimate of drug-likeness (QED) is 0.577. The summed E-state index contributed by atoms with van der Waals surface area (Å²) in [6, 6.07) is 17.6. The average molecular weight is 460 g/mol. The lowest BCUT2D eigenvalue weighted by Gasteiger charge is -2.30. The molecule has 0 radical (unpaired) electrons. The summed E-state index contributed by atoms with van der Waals surface area (Å²) in [4.78, 5) is 38.3. The van der Waals surface area contributed by atoms with Gasteiger partial charge in [-0.25, -0.2) is 4.79 Å². The van der Waals surface area contributed by atoms with Crippen LogP contribution in [0.1, 0.15) is 40.4 Å². The standard InChI is InChI=1S/C26H24N2O6/c29-24(28-12-5-6-16(14-28)25(30)31)23-22(11-13-33-23)27-26(32)34-15-21-19-9-3-1-7-17(19)18-8-2-4-10-20(18)21/h1-4,7-11,13,16,21H,5-6,12,14-15H2,(H,27,32)(H,30,31)/t16-/m1/s1. The third kappa shape index (κ3) is 4.03. The molecule has 0 bridgehead atoms. The van der Waals surface area contributed by atoms with Crippen molar-refractivity contribution >= 4 is 23.7 Å². The Morgan fingerprint density at radius 1 is 1.03 bits per heavy atom. The molecule has 5 rings (SSSR count). The number of carbonyl (C=O) groups is 3. The summed E-state index contributed by atoms with van der Waals surface area (Å²) in [5.74, 6) is -2.10. The molecule has 2 amide bonds. The number of piperidine rings is 1. The van der Waals surface area contributed by atoms with Crippen LogP contribution in [-0.4, -0.2) is 47.7 Å². The average Bonchev–Trinajstić information content (AvgIpc) is 3.44. The zero-order valence-corrected chi connectivity index (χ0v) is 18.4. The van der Waals surface area contributed by atoms with E-state index in [-0.39, 0.29) is 30.5 Å². The largest absolute Gasteiger partial charge is 0.481 e. The van der Waals surface area contributed by atoms with Crippen LogP contribution < -0.4 is 5.32 Å². The summed E-state index contributed by atoms with van der Waals surface area (Å²) in [5.41, 5.74) is 4.68. The second-order valence-corrected chi connectivity index (χ2v) is 8.54. The van der Waals surface area contributed by atoms with Crippen LogP contribution in [0.3, 0.4) is 0 Å². The Bertz CT molecular complexity index is 1200. The van der Waals surface area contributed by atoms with E-state index in [2.05, 4.69) is 17.4 Å². The molecule has 1 saturated heterocycles. The van der Waals surface area contributed by atoms with Crippen molar-refractivity contribution in [1.82, 2.24) is 4.90 Å². The number of aliphatic carboxylic acids is 1. The van der Waals surface area contributed by atoms with Gasteiger partial charge in [0.05, 0.1) is 17.9 Å². The molecule has 2 aliphatic rings. The van der Waals surface area contributed by atoms with Crippen LogP contribution in [0, 0.1) is 5.92 Å². The van der Waals surface area contributed by atoms with Gasteiger partial charge in [-0.1, -0.05) is 48.5 Å². The number of likely N-dealkylation sites (tertiary alicyclic amines) is 1. The highest BCUT2D eigenvalue weighted by molar-refractivity contribution is 6.00. The molecular weight excluding hydrogens is 436 g/mol. The predicted octanol–water partition coefficient (Wildman–Crippen LogP) is 4.58. The van der Waals surface area contributed by atoms with Crippen molar-refractivity contribution in [2.75, 3.05) is 25.0 Å². The number of carboxylic acids is 1. The first kappa shape index (κ1) is 21.8. The Balaban J connectivity index is 1.25. The number of anilines is 1. The molecule has 1 aliphatic carbocycles. The van der Waals surface area contributed by atoms with Gasteiger partial charge in [-0.3, -0.25) is 14.9 Å². The summed E-state index contributed by atoms with van der Waals surface area (Å²) < 4.78 is 10.9. The van der Waals surface area contributed by atoms with E-state index < -0.39 is 23.9 Å². The van der Waals surface area contributed by atoms with Gasteiger partial charge in [0.15, 0.2) is 0 Å². The third-order valence-electron chi connectivity index (χ3n) is 6.50. The molecule has 0 spiro atoms. The van der Waals surface area contributed by atoms with Crippen LogP contribution in [0.5, 0.6) is 0 Å². The molecule has 0 unspecified atom stereocenters. The zero-order valence-electron chi connectivity index (χ0n) is 18.4. The molecule has 2 heterocycles. The molecule has 1 atom stereocenters. The van der Waals surface area contributed by atoms with Gasteiger partial charge in [-0.05, 0) is 35.1 Å². The minimum absolute atomic E-state index is 0.0421. The summed E-state index contributed by atoms with van der Waals surface area (Å²) in [7, 11) is 0. The van der Waals surface area contributed by atoms with Crippen LogP contribution >= 0.6 is 0 Å². The van der Waals surface area contributed by atoms with E-state index in [0.717, 1.165) is 22.3 Å². The number of benzene rings is 2. The first-order chi connectivity index (χ1) is 16.5. The highest BCUT2D eigenvalue weighted by Gasteiger charge is 2.32.